The molecule has 1 rings (SSSR count). The van der Waals surface area contributed by atoms with Gasteiger partial charge in [-0.1, -0.05) is 0 Å². The van der Waals surface area contributed by atoms with Crippen LogP contribution in [0.2, 0.25) is 0 Å². The summed E-state index contributed by atoms with van der Waals surface area (Å²) in [6.45, 7) is 0. The van der Waals surface area contributed by atoms with Gasteiger partial charge in [-0.15, -0.1) is 0 Å². The molecule has 0 atom stereocenters. The van der Waals surface area contributed by atoms with Crippen LogP contribution in [-0.4, -0.2) is 48.6 Å². The summed E-state index contributed by atoms with van der Waals surface area (Å²) in [5.74, 6) is 0. The van der Waals surface area contributed by atoms with Gasteiger partial charge in [-0.05, 0) is 21.1 Å². The fourth-order valence-electron chi connectivity index (χ4n) is 0.659. The van der Waals surface area contributed by atoms with Crippen molar-refractivity contribution in [2.45, 2.75) is 6.18 Å². The van der Waals surface area contributed by atoms with Gasteiger partial charge in [0.25, 0.3) is 0 Å². The first-order valence-corrected chi connectivity index (χ1v) is 5.66. The van der Waals surface area contributed by atoms with Gasteiger partial charge >= 0.3 is 75.3 Å². The Bertz CT molecular complexity index is 277. The molecule has 1 aromatic rings. The SMILES string of the molecule is CN(C)C.FC(F)(F)c1cc[c]([Sn+3])cc1. The summed E-state index contributed by atoms with van der Waals surface area (Å²) in [5, 5.41) is 0. The second kappa shape index (κ2) is 6.37. The first-order chi connectivity index (χ1) is 6.73. The van der Waals surface area contributed by atoms with E-state index >= 15 is 0 Å². The molecular weight excluding hydrogens is 310 g/mol. The van der Waals surface area contributed by atoms with Crippen molar-refractivity contribution in [2.75, 3.05) is 21.1 Å². The summed E-state index contributed by atoms with van der Waals surface area (Å²) in [6.07, 6.45) is -4.20. The molecule has 15 heavy (non-hydrogen) atoms. The van der Waals surface area contributed by atoms with E-state index in [9.17, 15) is 13.2 Å². The number of hydrogen-bond donors (Lipinski definition) is 0. The Morgan fingerprint density at radius 3 is 1.60 bits per heavy atom. The molecule has 0 aliphatic carbocycles. The quantitative estimate of drug-likeness (QED) is 0.657. The third-order valence-electron chi connectivity index (χ3n) is 1.21. The standard InChI is InChI=1S/C7H4F3.C3H9N.Sn/c8-7(9,10)6-4-2-1-3-5-6;1-4(2)3;/h2-5H;1-3H3;/q;;+3. The molecule has 0 unspecified atom stereocenters. The Morgan fingerprint density at radius 2 is 1.33 bits per heavy atom. The average Bonchev–Trinajstić information content (AvgIpc) is 2.01. The minimum atomic E-state index is -4.20. The molecule has 0 heterocycles. The molecule has 0 spiro atoms. The fourth-order valence-corrected chi connectivity index (χ4v) is 1.13. The molecule has 1 aromatic carbocycles. The van der Waals surface area contributed by atoms with E-state index in [0.717, 1.165) is 38.2 Å². The van der Waals surface area contributed by atoms with E-state index in [1.54, 1.807) is 0 Å². The molecule has 0 bridgehead atoms. The van der Waals surface area contributed by atoms with E-state index in [0.29, 0.717) is 0 Å². The molecule has 0 aromatic heterocycles. The van der Waals surface area contributed by atoms with Crippen molar-refractivity contribution in [3.05, 3.63) is 29.8 Å². The molecule has 0 fully saturated rings. The second-order valence-electron chi connectivity index (χ2n) is 3.42. The van der Waals surface area contributed by atoms with E-state index in [-0.39, 0.29) is 0 Å². The molecule has 0 N–H and O–H groups in total. The normalized spacial score (nSPS) is 11.0. The first-order valence-electron chi connectivity index (χ1n) is 4.23. The van der Waals surface area contributed by atoms with Crippen LogP contribution < -0.4 is 3.58 Å². The minimum absolute atomic E-state index is 0.580. The van der Waals surface area contributed by atoms with E-state index in [4.69, 9.17) is 0 Å². The molecular formula is C10H13F3NSn+3. The molecule has 5 heteroatoms. The van der Waals surface area contributed by atoms with Crippen LogP contribution in [0.3, 0.4) is 0 Å². The van der Waals surface area contributed by atoms with Gasteiger partial charge in [0.2, 0.25) is 0 Å². The van der Waals surface area contributed by atoms with Crippen LogP contribution in [0, 0.1) is 0 Å². The monoisotopic (exact) mass is 324 g/mol. The summed E-state index contributed by atoms with van der Waals surface area (Å²) in [4.78, 5) is 2.00. The predicted octanol–water partition coefficient (Wildman–Crippen LogP) is 1.68. The number of benzene rings is 1. The number of hydrogen-bond acceptors (Lipinski definition) is 1. The third-order valence-corrected chi connectivity index (χ3v) is 2.16. The number of alkyl halides is 3. The summed E-state index contributed by atoms with van der Waals surface area (Å²) in [7, 11) is 6.00. The zero-order chi connectivity index (χ0) is 12.1. The van der Waals surface area contributed by atoms with E-state index < -0.39 is 11.7 Å². The van der Waals surface area contributed by atoms with Crippen LogP contribution >= 0.6 is 0 Å². The second-order valence-corrected chi connectivity index (χ2v) is 5.06. The van der Waals surface area contributed by atoms with Crippen molar-refractivity contribution in [3.8, 4) is 0 Å². The van der Waals surface area contributed by atoms with E-state index in [2.05, 4.69) is 0 Å². The average molecular weight is 323 g/mol. The van der Waals surface area contributed by atoms with Gasteiger partial charge in [0.05, 0.1) is 0 Å². The summed E-state index contributed by atoms with van der Waals surface area (Å²) < 4.78 is 36.7. The fraction of sp³-hybridized carbons (Fsp3) is 0.400. The summed E-state index contributed by atoms with van der Waals surface area (Å²) >= 11 is 1.13. The van der Waals surface area contributed by atoms with Crippen LogP contribution in [0.5, 0.6) is 0 Å². The molecule has 0 radical (unpaired) electrons. The zero-order valence-electron chi connectivity index (χ0n) is 8.89. The Hall–Kier alpha value is -0.231. The first kappa shape index (κ1) is 14.8. The molecule has 1 nitrogen and oxygen atoms in total. The van der Waals surface area contributed by atoms with Gasteiger partial charge in [-0.3, -0.25) is 0 Å². The van der Waals surface area contributed by atoms with Gasteiger partial charge < -0.3 is 4.90 Å². The maximum absolute atomic E-state index is 11.9. The predicted molar refractivity (Wildman–Crippen MR) is 56.4 cm³/mol. The van der Waals surface area contributed by atoms with Crippen LogP contribution in [-0.2, 0) is 6.18 Å². The van der Waals surface area contributed by atoms with Crippen molar-refractivity contribution in [1.29, 1.82) is 0 Å². The van der Waals surface area contributed by atoms with E-state index in [1.165, 1.54) is 12.1 Å². The Labute approximate surface area is 101 Å². The Balaban J connectivity index is 0.000000423. The van der Waals surface area contributed by atoms with E-state index in [1.807, 2.05) is 26.0 Å². The zero-order valence-corrected chi connectivity index (χ0v) is 11.7. The Morgan fingerprint density at radius 1 is 1.00 bits per heavy atom. The van der Waals surface area contributed by atoms with Crippen LogP contribution in [0.15, 0.2) is 24.3 Å². The number of halogens is 3. The molecule has 0 saturated carbocycles. The third kappa shape index (κ3) is 7.67. The van der Waals surface area contributed by atoms with Crippen LogP contribution in [0.1, 0.15) is 5.56 Å². The Kier molecular flexibility index (Phi) is 6.27. The molecule has 0 aliphatic heterocycles. The topological polar surface area (TPSA) is 3.24 Å². The van der Waals surface area contributed by atoms with Gasteiger partial charge in [0.15, 0.2) is 0 Å². The van der Waals surface area contributed by atoms with Crippen molar-refractivity contribution in [1.82, 2.24) is 4.90 Å². The van der Waals surface area contributed by atoms with Crippen molar-refractivity contribution in [2.24, 2.45) is 0 Å². The van der Waals surface area contributed by atoms with Crippen molar-refractivity contribution >= 4 is 26.1 Å². The van der Waals surface area contributed by atoms with Crippen molar-refractivity contribution < 1.29 is 13.2 Å². The number of rotatable bonds is 0. The van der Waals surface area contributed by atoms with Gasteiger partial charge in [0.1, 0.15) is 0 Å². The number of nitrogens with zero attached hydrogens (tertiary/aromatic N) is 1. The van der Waals surface area contributed by atoms with Crippen molar-refractivity contribution in [3.63, 3.8) is 0 Å². The van der Waals surface area contributed by atoms with Crippen LogP contribution in [0.4, 0.5) is 13.2 Å². The van der Waals surface area contributed by atoms with Gasteiger partial charge in [-0.2, -0.15) is 0 Å². The molecule has 0 amide bonds. The summed E-state index contributed by atoms with van der Waals surface area (Å²) in [6, 6.07) is 5.18. The molecule has 0 saturated heterocycles. The molecule has 80 valence electrons. The maximum atomic E-state index is 11.9. The molecule has 0 aliphatic rings. The van der Waals surface area contributed by atoms with Gasteiger partial charge in [-0.25, -0.2) is 0 Å². The van der Waals surface area contributed by atoms with Crippen LogP contribution in [0.25, 0.3) is 0 Å². The summed E-state index contributed by atoms with van der Waals surface area (Å²) in [5.41, 5.74) is -0.580. The van der Waals surface area contributed by atoms with Gasteiger partial charge in [0, 0.05) is 0 Å².